The fourth-order valence-electron chi connectivity index (χ4n) is 0.206. The van der Waals surface area contributed by atoms with E-state index in [2.05, 4.69) is 13.8 Å². The van der Waals surface area contributed by atoms with Gasteiger partial charge in [-0.2, -0.15) is 4.52 Å². The molecule has 0 bridgehead atoms. The third-order valence-electron chi connectivity index (χ3n) is 0.523. The van der Waals surface area contributed by atoms with Crippen LogP contribution in [0.1, 0.15) is 0 Å². The molecule has 0 saturated carbocycles. The second-order valence-corrected chi connectivity index (χ2v) is 2.82. The van der Waals surface area contributed by atoms with Crippen LogP contribution < -0.4 is 0 Å². The minimum absolute atomic E-state index is 0.548. The van der Waals surface area contributed by atoms with E-state index in [0.717, 1.165) is 0 Å². The monoisotopic (exact) mass is 198 g/mol. The molecule has 1 atom stereocenters. The van der Waals surface area contributed by atoms with E-state index in [1.807, 2.05) is 0 Å². The Labute approximate surface area is 58.6 Å². The van der Waals surface area contributed by atoms with Gasteiger partial charge in [-0.25, -0.2) is 4.57 Å². The zero-order valence-corrected chi connectivity index (χ0v) is 5.99. The molecule has 0 spiro atoms. The molecule has 0 aliphatic carbocycles. The van der Waals surface area contributed by atoms with Crippen LogP contribution in [-0.2, 0) is 18.3 Å². The molecule has 11 heavy (non-hydrogen) atoms. The number of hydrogen-bond acceptors (Lipinski definition) is 4. The lowest BCUT2D eigenvalue weighted by Gasteiger charge is -2.11. The van der Waals surface area contributed by atoms with E-state index in [4.69, 9.17) is 0 Å². The van der Waals surface area contributed by atoms with Gasteiger partial charge < -0.3 is 0 Å². The summed E-state index contributed by atoms with van der Waals surface area (Å²) < 4.78 is 63.4. The van der Waals surface area contributed by atoms with Crippen LogP contribution in [0.3, 0.4) is 0 Å². The van der Waals surface area contributed by atoms with Crippen molar-refractivity contribution in [3.05, 3.63) is 0 Å². The summed E-state index contributed by atoms with van der Waals surface area (Å²) in [7, 11) is -4.55. The molecule has 0 fully saturated rings. The highest BCUT2D eigenvalue weighted by molar-refractivity contribution is 7.48. The summed E-state index contributed by atoms with van der Waals surface area (Å²) in [4.78, 5) is 0. The van der Waals surface area contributed by atoms with Gasteiger partial charge in [-0.05, 0) is 4.53 Å². The topological polar surface area (TPSA) is 44.8 Å². The van der Waals surface area contributed by atoms with Crippen molar-refractivity contribution in [2.24, 2.45) is 0 Å². The molecule has 0 aromatic heterocycles. The first kappa shape index (κ1) is 10.8. The highest BCUT2D eigenvalue weighted by Crippen LogP contribution is 2.53. The highest BCUT2D eigenvalue weighted by Gasteiger charge is 2.43. The molecule has 9 heteroatoms. The van der Waals surface area contributed by atoms with Crippen LogP contribution in [0.25, 0.3) is 0 Å². The van der Waals surface area contributed by atoms with Crippen LogP contribution >= 0.6 is 7.82 Å². The summed E-state index contributed by atoms with van der Waals surface area (Å²) in [5, 5.41) is 0. The molecule has 0 heterocycles. The molecule has 68 valence electrons. The van der Waals surface area contributed by atoms with Crippen LogP contribution in [-0.4, -0.2) is 13.5 Å². The van der Waals surface area contributed by atoms with Gasteiger partial charge >= 0.3 is 14.2 Å². The fourth-order valence-corrected chi connectivity index (χ4v) is 0.619. The second kappa shape index (κ2) is 3.48. The Morgan fingerprint density at radius 3 is 1.91 bits per heavy atom. The lowest BCUT2D eigenvalue weighted by molar-refractivity contribution is -0.289. The summed E-state index contributed by atoms with van der Waals surface area (Å²) in [6.07, 6.45) is -5.27. The molecule has 0 radical (unpaired) electrons. The fraction of sp³-hybridized carbons (Fsp3) is 1.00. The predicted octanol–water partition coefficient (Wildman–Crippen LogP) is 2.18. The highest BCUT2D eigenvalue weighted by atomic mass is 31.2. The van der Waals surface area contributed by atoms with E-state index in [1.54, 1.807) is 0 Å². The first-order valence-corrected chi connectivity index (χ1v) is 3.52. The average Bonchev–Trinajstić information content (AvgIpc) is 1.84. The SMILES string of the molecule is COP(=O)(OF)OC(F)(F)F. The van der Waals surface area contributed by atoms with Gasteiger partial charge in [0.05, 0.1) is 0 Å². The maximum absolute atomic E-state index is 11.2. The molecular formula is C2H3F4O4P. The molecule has 0 saturated heterocycles. The normalized spacial score (nSPS) is 17.9. The van der Waals surface area contributed by atoms with Crippen molar-refractivity contribution in [3.63, 3.8) is 0 Å². The summed E-state index contributed by atoms with van der Waals surface area (Å²) in [6, 6.07) is 0. The largest absolute Gasteiger partial charge is 0.531 e. The van der Waals surface area contributed by atoms with Crippen LogP contribution in [0.15, 0.2) is 0 Å². The summed E-state index contributed by atoms with van der Waals surface area (Å²) in [5.41, 5.74) is 0. The zero-order chi connectivity index (χ0) is 9.12. The Balaban J connectivity index is 4.21. The number of phosphoric ester groups is 1. The summed E-state index contributed by atoms with van der Waals surface area (Å²) >= 11 is 0. The van der Waals surface area contributed by atoms with Crippen LogP contribution in [0.2, 0.25) is 0 Å². The van der Waals surface area contributed by atoms with E-state index in [0.29, 0.717) is 7.11 Å². The van der Waals surface area contributed by atoms with Gasteiger partial charge in [-0.3, -0.25) is 4.52 Å². The van der Waals surface area contributed by atoms with E-state index >= 15 is 0 Å². The molecule has 0 aliphatic heterocycles. The lowest BCUT2D eigenvalue weighted by atomic mass is 11.4. The number of rotatable bonds is 3. The van der Waals surface area contributed by atoms with Crippen molar-refractivity contribution >= 4 is 7.82 Å². The smallest absolute Gasteiger partial charge is 0.288 e. The second-order valence-electron chi connectivity index (χ2n) is 1.24. The quantitative estimate of drug-likeness (QED) is 0.514. The maximum Gasteiger partial charge on any atom is 0.531 e. The van der Waals surface area contributed by atoms with Gasteiger partial charge in [0.2, 0.25) is 0 Å². The average molecular weight is 198 g/mol. The lowest BCUT2D eigenvalue weighted by Crippen LogP contribution is -2.12. The Hall–Kier alpha value is -0.170. The van der Waals surface area contributed by atoms with Crippen molar-refractivity contribution in [1.29, 1.82) is 0 Å². The number of hydrogen-bond donors (Lipinski definition) is 0. The Morgan fingerprint density at radius 1 is 1.36 bits per heavy atom. The molecule has 0 rings (SSSR count). The molecule has 0 aromatic rings. The van der Waals surface area contributed by atoms with Gasteiger partial charge in [0.25, 0.3) is 0 Å². The molecule has 0 aromatic carbocycles. The van der Waals surface area contributed by atoms with E-state index in [-0.39, 0.29) is 0 Å². The van der Waals surface area contributed by atoms with Gasteiger partial charge in [-0.1, -0.05) is 4.73 Å². The Morgan fingerprint density at radius 2 is 1.82 bits per heavy atom. The van der Waals surface area contributed by atoms with Crippen molar-refractivity contribution in [1.82, 2.24) is 0 Å². The van der Waals surface area contributed by atoms with Crippen LogP contribution in [0.4, 0.5) is 17.7 Å². The molecule has 0 amide bonds. The van der Waals surface area contributed by atoms with Gasteiger partial charge in [0.1, 0.15) is 0 Å². The molecular weight excluding hydrogens is 195 g/mol. The van der Waals surface area contributed by atoms with Crippen molar-refractivity contribution < 1.29 is 36.0 Å². The molecule has 0 aliphatic rings. The number of alkyl halides is 3. The van der Waals surface area contributed by atoms with E-state index < -0.39 is 14.2 Å². The zero-order valence-electron chi connectivity index (χ0n) is 5.09. The molecule has 0 N–H and O–H groups in total. The van der Waals surface area contributed by atoms with Crippen molar-refractivity contribution in [2.75, 3.05) is 7.11 Å². The number of phosphoric acid groups is 1. The predicted molar refractivity (Wildman–Crippen MR) is 23.9 cm³/mol. The standard InChI is InChI=1S/C2H3F4O4P/c1-8-11(7,10-6)9-2(3,4)5/h1H3. The van der Waals surface area contributed by atoms with E-state index in [9.17, 15) is 22.3 Å². The van der Waals surface area contributed by atoms with E-state index in [1.165, 1.54) is 0 Å². The number of halogens is 4. The minimum Gasteiger partial charge on any atom is -0.288 e. The van der Waals surface area contributed by atoms with Crippen molar-refractivity contribution in [2.45, 2.75) is 6.36 Å². The maximum atomic E-state index is 11.2. The van der Waals surface area contributed by atoms with Gasteiger partial charge in [-0.15, -0.1) is 13.2 Å². The summed E-state index contributed by atoms with van der Waals surface area (Å²) in [6.45, 7) is 0. The first-order valence-electron chi connectivity index (χ1n) is 2.06. The Bertz CT molecular complexity index is 158. The minimum atomic E-state index is -5.27. The Kier molecular flexibility index (Phi) is 3.43. The van der Waals surface area contributed by atoms with Gasteiger partial charge in [0, 0.05) is 7.11 Å². The van der Waals surface area contributed by atoms with Crippen molar-refractivity contribution in [3.8, 4) is 0 Å². The van der Waals surface area contributed by atoms with Crippen LogP contribution in [0.5, 0.6) is 0 Å². The molecule has 1 unspecified atom stereocenters. The third kappa shape index (κ3) is 4.31. The molecule has 4 nitrogen and oxygen atoms in total. The first-order chi connectivity index (χ1) is 4.83. The third-order valence-corrected chi connectivity index (χ3v) is 1.57. The van der Waals surface area contributed by atoms with Crippen LogP contribution in [0, 0.1) is 0 Å². The van der Waals surface area contributed by atoms with Gasteiger partial charge in [0.15, 0.2) is 0 Å². The summed E-state index contributed by atoms with van der Waals surface area (Å²) in [5.74, 6) is 0.